The van der Waals surface area contributed by atoms with E-state index >= 15 is 0 Å². The van der Waals surface area contributed by atoms with Gasteiger partial charge in [-0.2, -0.15) is 0 Å². The maximum Gasteiger partial charge on any atom is 0.241 e. The third-order valence-corrected chi connectivity index (χ3v) is 3.79. The maximum absolute atomic E-state index is 12.2. The highest BCUT2D eigenvalue weighted by Crippen LogP contribution is 2.23. The van der Waals surface area contributed by atoms with Crippen LogP contribution in [0, 0.1) is 5.92 Å². The van der Waals surface area contributed by atoms with Crippen molar-refractivity contribution in [2.24, 2.45) is 11.7 Å². The number of hydrogen-bond acceptors (Lipinski definition) is 4. The van der Waals surface area contributed by atoms with Crippen LogP contribution in [-0.2, 0) is 9.59 Å². The number of methoxy groups -OCH3 is 1. The molecule has 1 fully saturated rings. The average molecular weight is 291 g/mol. The average Bonchev–Trinajstić information content (AvgIpc) is 2.52. The van der Waals surface area contributed by atoms with Crippen LogP contribution in [0.25, 0.3) is 0 Å². The highest BCUT2D eigenvalue weighted by Gasteiger charge is 2.25. The summed E-state index contributed by atoms with van der Waals surface area (Å²) in [5.74, 6) is 0.354. The first-order valence-electron chi connectivity index (χ1n) is 7.05. The van der Waals surface area contributed by atoms with Gasteiger partial charge in [0.15, 0.2) is 0 Å². The number of likely N-dealkylation sites (tertiary alicyclic amines) is 1. The summed E-state index contributed by atoms with van der Waals surface area (Å²) in [5.41, 5.74) is 6.08. The predicted molar refractivity (Wildman–Crippen MR) is 80.0 cm³/mol. The Morgan fingerprint density at radius 1 is 1.33 bits per heavy atom. The molecule has 114 valence electrons. The summed E-state index contributed by atoms with van der Waals surface area (Å²) in [6.45, 7) is 1.38. The van der Waals surface area contributed by atoms with Crippen LogP contribution in [-0.4, -0.2) is 43.5 Å². The molecule has 1 aromatic carbocycles. The van der Waals surface area contributed by atoms with E-state index in [0.717, 1.165) is 5.69 Å². The van der Waals surface area contributed by atoms with Crippen LogP contribution in [0.1, 0.15) is 12.8 Å². The summed E-state index contributed by atoms with van der Waals surface area (Å²) < 4.78 is 5.22. The molecule has 1 aliphatic heterocycles. The summed E-state index contributed by atoms with van der Waals surface area (Å²) in [6.07, 6.45) is 1.30. The van der Waals surface area contributed by atoms with Crippen LogP contribution in [0.15, 0.2) is 24.3 Å². The van der Waals surface area contributed by atoms with Gasteiger partial charge in [-0.05, 0) is 25.0 Å². The minimum Gasteiger partial charge on any atom is -0.495 e. The molecule has 0 atom stereocenters. The lowest BCUT2D eigenvalue weighted by Crippen LogP contribution is -2.43. The molecule has 0 bridgehead atoms. The molecule has 6 nitrogen and oxygen atoms in total. The molecule has 1 aliphatic rings. The molecule has 1 aromatic rings. The maximum atomic E-state index is 12.2. The van der Waals surface area contributed by atoms with Crippen molar-refractivity contribution in [3.63, 3.8) is 0 Å². The third kappa shape index (κ3) is 3.87. The van der Waals surface area contributed by atoms with E-state index < -0.39 is 0 Å². The van der Waals surface area contributed by atoms with E-state index in [1.165, 1.54) is 0 Å². The molecule has 6 heteroatoms. The Balaban J connectivity index is 1.84. The Hall–Kier alpha value is -2.24. The van der Waals surface area contributed by atoms with Gasteiger partial charge in [-0.1, -0.05) is 12.1 Å². The van der Waals surface area contributed by atoms with Crippen molar-refractivity contribution >= 4 is 17.5 Å². The summed E-state index contributed by atoms with van der Waals surface area (Å²) in [7, 11) is 1.59. The standard InChI is InChI=1S/C15H21N3O3/c1-21-13-5-3-2-4-12(13)17-10-14(19)18-8-6-11(7-9-18)15(16)20/h2-5,11,17H,6-10H2,1H3,(H2,16,20). The normalized spacial score (nSPS) is 15.6. The first kappa shape index (κ1) is 15.2. The first-order valence-corrected chi connectivity index (χ1v) is 7.05. The second-order valence-electron chi connectivity index (χ2n) is 5.11. The Labute approximate surface area is 124 Å². The Kier molecular flexibility index (Phi) is 5.03. The molecule has 0 saturated carbocycles. The fourth-order valence-corrected chi connectivity index (χ4v) is 2.49. The fourth-order valence-electron chi connectivity index (χ4n) is 2.49. The molecular formula is C15H21N3O3. The van der Waals surface area contributed by atoms with Crippen molar-refractivity contribution in [2.75, 3.05) is 32.1 Å². The number of anilines is 1. The van der Waals surface area contributed by atoms with Crippen LogP contribution >= 0.6 is 0 Å². The monoisotopic (exact) mass is 291 g/mol. The minimum atomic E-state index is -0.269. The number of nitrogens with zero attached hydrogens (tertiary/aromatic N) is 1. The lowest BCUT2D eigenvalue weighted by Gasteiger charge is -2.30. The molecular weight excluding hydrogens is 270 g/mol. The second-order valence-corrected chi connectivity index (χ2v) is 5.11. The van der Waals surface area contributed by atoms with Gasteiger partial charge in [-0.25, -0.2) is 0 Å². The van der Waals surface area contributed by atoms with E-state index in [9.17, 15) is 9.59 Å². The second kappa shape index (κ2) is 6.97. The molecule has 1 saturated heterocycles. The van der Waals surface area contributed by atoms with Crippen molar-refractivity contribution < 1.29 is 14.3 Å². The van der Waals surface area contributed by atoms with E-state index in [1.807, 2.05) is 24.3 Å². The Morgan fingerprint density at radius 3 is 2.62 bits per heavy atom. The zero-order valence-corrected chi connectivity index (χ0v) is 12.2. The Bertz CT molecular complexity index is 511. The number of benzene rings is 1. The molecule has 2 amide bonds. The fraction of sp³-hybridized carbons (Fsp3) is 0.467. The highest BCUT2D eigenvalue weighted by atomic mass is 16.5. The number of hydrogen-bond donors (Lipinski definition) is 2. The van der Waals surface area contributed by atoms with Crippen LogP contribution in [0.3, 0.4) is 0 Å². The molecule has 0 aromatic heterocycles. The SMILES string of the molecule is COc1ccccc1NCC(=O)N1CCC(C(N)=O)CC1. The molecule has 0 spiro atoms. The number of nitrogens with one attached hydrogen (secondary N) is 1. The molecule has 2 rings (SSSR count). The van der Waals surface area contributed by atoms with Gasteiger partial charge in [0.2, 0.25) is 11.8 Å². The summed E-state index contributed by atoms with van der Waals surface area (Å²) in [5, 5.41) is 3.09. The summed E-state index contributed by atoms with van der Waals surface area (Å²) >= 11 is 0. The number of carbonyl (C=O) groups is 2. The zero-order chi connectivity index (χ0) is 15.2. The number of nitrogens with two attached hydrogens (primary N) is 1. The van der Waals surface area contributed by atoms with Crippen molar-refractivity contribution in [1.82, 2.24) is 4.90 Å². The van der Waals surface area contributed by atoms with Crippen LogP contribution < -0.4 is 15.8 Å². The number of piperidine rings is 1. The van der Waals surface area contributed by atoms with Gasteiger partial charge in [0.1, 0.15) is 5.75 Å². The van der Waals surface area contributed by atoms with Gasteiger partial charge in [0, 0.05) is 19.0 Å². The van der Waals surface area contributed by atoms with Gasteiger partial charge in [-0.15, -0.1) is 0 Å². The smallest absolute Gasteiger partial charge is 0.241 e. The van der Waals surface area contributed by atoms with Crippen LogP contribution in [0.4, 0.5) is 5.69 Å². The highest BCUT2D eigenvalue weighted by molar-refractivity contribution is 5.82. The van der Waals surface area contributed by atoms with Gasteiger partial charge in [0.05, 0.1) is 19.3 Å². The predicted octanol–water partition coefficient (Wildman–Crippen LogP) is 0.831. The number of rotatable bonds is 5. The van der Waals surface area contributed by atoms with Crippen molar-refractivity contribution in [1.29, 1.82) is 0 Å². The van der Waals surface area contributed by atoms with E-state index in [0.29, 0.717) is 31.7 Å². The first-order chi connectivity index (χ1) is 10.1. The van der Waals surface area contributed by atoms with E-state index in [2.05, 4.69) is 5.32 Å². The third-order valence-electron chi connectivity index (χ3n) is 3.79. The van der Waals surface area contributed by atoms with Gasteiger partial charge in [-0.3, -0.25) is 9.59 Å². The quantitative estimate of drug-likeness (QED) is 0.841. The zero-order valence-electron chi connectivity index (χ0n) is 12.2. The largest absolute Gasteiger partial charge is 0.495 e. The van der Waals surface area contributed by atoms with E-state index in [-0.39, 0.29) is 24.3 Å². The lowest BCUT2D eigenvalue weighted by molar-refractivity contribution is -0.133. The number of ether oxygens (including phenoxy) is 1. The molecule has 0 unspecified atom stereocenters. The minimum absolute atomic E-state index is 0.0174. The molecule has 0 radical (unpaired) electrons. The number of primary amides is 1. The van der Waals surface area contributed by atoms with Crippen LogP contribution in [0.2, 0.25) is 0 Å². The molecule has 1 heterocycles. The summed E-state index contributed by atoms with van der Waals surface area (Å²) in [6, 6.07) is 7.46. The summed E-state index contributed by atoms with van der Waals surface area (Å²) in [4.78, 5) is 25.0. The Morgan fingerprint density at radius 2 is 2.00 bits per heavy atom. The van der Waals surface area contributed by atoms with Crippen molar-refractivity contribution in [3.8, 4) is 5.75 Å². The van der Waals surface area contributed by atoms with Gasteiger partial charge < -0.3 is 20.7 Å². The lowest BCUT2D eigenvalue weighted by atomic mass is 9.96. The van der Waals surface area contributed by atoms with Gasteiger partial charge >= 0.3 is 0 Å². The topological polar surface area (TPSA) is 84.7 Å². The number of carbonyl (C=O) groups excluding carboxylic acids is 2. The number of para-hydroxylation sites is 2. The molecule has 21 heavy (non-hydrogen) atoms. The van der Waals surface area contributed by atoms with E-state index in [4.69, 9.17) is 10.5 Å². The molecule has 0 aliphatic carbocycles. The van der Waals surface area contributed by atoms with E-state index in [1.54, 1.807) is 12.0 Å². The number of amides is 2. The van der Waals surface area contributed by atoms with Crippen molar-refractivity contribution in [2.45, 2.75) is 12.8 Å². The van der Waals surface area contributed by atoms with Crippen molar-refractivity contribution in [3.05, 3.63) is 24.3 Å². The molecule has 3 N–H and O–H groups in total. The van der Waals surface area contributed by atoms with Gasteiger partial charge in [0.25, 0.3) is 0 Å². The van der Waals surface area contributed by atoms with Crippen LogP contribution in [0.5, 0.6) is 5.75 Å².